The van der Waals surface area contributed by atoms with E-state index in [1.165, 1.54) is 18.2 Å². The number of nitro benzene ring substituents is 1. The highest BCUT2D eigenvalue weighted by atomic mass is 16.6. The molecule has 8 nitrogen and oxygen atoms in total. The predicted molar refractivity (Wildman–Crippen MR) is 103 cm³/mol. The molecule has 1 N–H and O–H groups in total. The molecule has 1 heterocycles. The summed E-state index contributed by atoms with van der Waals surface area (Å²) in [4.78, 5) is 37.1. The molecule has 0 radical (unpaired) electrons. The summed E-state index contributed by atoms with van der Waals surface area (Å²) in [6, 6.07) is 8.64. The molecule has 0 aliphatic carbocycles. The summed E-state index contributed by atoms with van der Waals surface area (Å²) in [7, 11) is 0. The average Bonchev–Trinajstić information content (AvgIpc) is 2.65. The van der Waals surface area contributed by atoms with Crippen LogP contribution in [0.2, 0.25) is 0 Å². The van der Waals surface area contributed by atoms with Crippen LogP contribution in [0.25, 0.3) is 21.9 Å². The monoisotopic (exact) mass is 369 g/mol. The van der Waals surface area contributed by atoms with Crippen molar-refractivity contribution in [2.45, 2.75) is 13.8 Å². The van der Waals surface area contributed by atoms with Gasteiger partial charge in [-0.25, -0.2) is 0 Å². The topological polar surface area (TPSA) is 106 Å². The first-order valence-electron chi connectivity index (χ1n) is 8.60. The lowest BCUT2D eigenvalue weighted by atomic mass is 10.1. The number of rotatable bonds is 6. The van der Waals surface area contributed by atoms with E-state index in [-0.39, 0.29) is 34.5 Å². The van der Waals surface area contributed by atoms with Gasteiger partial charge in [0.1, 0.15) is 11.2 Å². The van der Waals surface area contributed by atoms with E-state index < -0.39 is 4.92 Å². The number of nitro groups is 1. The largest absolute Gasteiger partial charge is 0.456 e. The highest BCUT2D eigenvalue weighted by Gasteiger charge is 2.14. The van der Waals surface area contributed by atoms with Crippen molar-refractivity contribution in [3.8, 4) is 0 Å². The summed E-state index contributed by atoms with van der Waals surface area (Å²) in [5, 5.41) is 14.2. The first kappa shape index (κ1) is 18.5. The lowest BCUT2D eigenvalue weighted by molar-refractivity contribution is -0.384. The molecule has 2 aromatic carbocycles. The zero-order valence-corrected chi connectivity index (χ0v) is 15.0. The fourth-order valence-electron chi connectivity index (χ4n) is 2.88. The number of carbonyl (C=O) groups is 1. The van der Waals surface area contributed by atoms with E-state index >= 15 is 0 Å². The van der Waals surface area contributed by atoms with Crippen molar-refractivity contribution in [2.24, 2.45) is 0 Å². The molecule has 0 saturated carbocycles. The Kier molecular flexibility index (Phi) is 5.18. The fourth-order valence-corrected chi connectivity index (χ4v) is 2.88. The second kappa shape index (κ2) is 7.55. The molecule has 0 fully saturated rings. The van der Waals surface area contributed by atoms with Gasteiger partial charge in [0.15, 0.2) is 0 Å². The molecule has 0 aliphatic rings. The normalized spacial score (nSPS) is 11.2. The third kappa shape index (κ3) is 3.80. The SMILES string of the molecule is CCN(CC)CC(=O)Nc1ccc2c(=O)c3cc([N+](=O)[O-])ccc3oc2c1. The summed E-state index contributed by atoms with van der Waals surface area (Å²) in [6.07, 6.45) is 0. The quantitative estimate of drug-likeness (QED) is 0.406. The third-order valence-corrected chi connectivity index (χ3v) is 4.41. The summed E-state index contributed by atoms with van der Waals surface area (Å²) in [5.74, 6) is -0.156. The van der Waals surface area contributed by atoms with Crippen LogP contribution in [-0.4, -0.2) is 35.4 Å². The second-order valence-electron chi connectivity index (χ2n) is 6.09. The first-order valence-corrected chi connectivity index (χ1v) is 8.60. The maximum Gasteiger partial charge on any atom is 0.270 e. The molecule has 0 aliphatic heterocycles. The van der Waals surface area contributed by atoms with Crippen LogP contribution in [0, 0.1) is 10.1 Å². The Hall–Kier alpha value is -3.26. The molecule has 1 amide bonds. The first-order chi connectivity index (χ1) is 12.9. The van der Waals surface area contributed by atoms with E-state index in [9.17, 15) is 19.7 Å². The van der Waals surface area contributed by atoms with Crippen LogP contribution < -0.4 is 10.7 Å². The highest BCUT2D eigenvalue weighted by molar-refractivity contribution is 5.96. The Morgan fingerprint density at radius 3 is 2.52 bits per heavy atom. The van der Waals surface area contributed by atoms with E-state index in [4.69, 9.17) is 4.42 Å². The molecular weight excluding hydrogens is 350 g/mol. The Labute approximate surface area is 154 Å². The van der Waals surface area contributed by atoms with Gasteiger partial charge in [-0.1, -0.05) is 13.8 Å². The molecule has 0 atom stereocenters. The molecule has 0 bridgehead atoms. The second-order valence-corrected chi connectivity index (χ2v) is 6.09. The lowest BCUT2D eigenvalue weighted by Crippen LogP contribution is -2.32. The highest BCUT2D eigenvalue weighted by Crippen LogP contribution is 2.24. The summed E-state index contributed by atoms with van der Waals surface area (Å²) >= 11 is 0. The third-order valence-electron chi connectivity index (χ3n) is 4.41. The maximum absolute atomic E-state index is 12.6. The number of benzene rings is 2. The molecule has 3 aromatic rings. The van der Waals surface area contributed by atoms with Crippen LogP contribution in [0.1, 0.15) is 13.8 Å². The van der Waals surface area contributed by atoms with Gasteiger partial charge in [-0.2, -0.15) is 0 Å². The Balaban J connectivity index is 1.97. The van der Waals surface area contributed by atoms with Gasteiger partial charge in [-0.3, -0.25) is 24.6 Å². The van der Waals surface area contributed by atoms with Crippen molar-refractivity contribution in [1.29, 1.82) is 0 Å². The van der Waals surface area contributed by atoms with Gasteiger partial charge in [-0.05, 0) is 31.3 Å². The van der Waals surface area contributed by atoms with Crippen molar-refractivity contribution < 1.29 is 14.1 Å². The Morgan fingerprint density at radius 2 is 1.85 bits per heavy atom. The lowest BCUT2D eigenvalue weighted by Gasteiger charge is -2.17. The van der Waals surface area contributed by atoms with Gasteiger partial charge in [0.25, 0.3) is 5.69 Å². The molecule has 0 saturated heterocycles. The number of nitrogens with one attached hydrogen (secondary N) is 1. The number of amides is 1. The molecule has 8 heteroatoms. The number of likely N-dealkylation sites (N-methyl/N-ethyl adjacent to an activating group) is 1. The van der Waals surface area contributed by atoms with Crippen molar-refractivity contribution in [1.82, 2.24) is 4.90 Å². The van der Waals surface area contributed by atoms with Crippen LogP contribution in [0.4, 0.5) is 11.4 Å². The van der Waals surface area contributed by atoms with E-state index in [1.54, 1.807) is 18.2 Å². The van der Waals surface area contributed by atoms with Gasteiger partial charge >= 0.3 is 0 Å². The minimum atomic E-state index is -0.558. The van der Waals surface area contributed by atoms with Crippen molar-refractivity contribution in [3.05, 3.63) is 56.7 Å². The predicted octanol–water partition coefficient (Wildman–Crippen LogP) is 3.13. The number of carbonyl (C=O) groups excluding carboxylic acids is 1. The standard InChI is InChI=1S/C19H19N3O5/c1-3-21(4-2)11-18(23)20-12-5-7-14-17(9-12)27-16-8-6-13(22(25)26)10-15(16)19(14)24/h5-10H,3-4,11H2,1-2H3,(H,20,23). The van der Waals surface area contributed by atoms with Gasteiger partial charge in [0.2, 0.25) is 11.3 Å². The number of nitrogens with zero attached hydrogens (tertiary/aromatic N) is 2. The van der Waals surface area contributed by atoms with E-state index in [1.807, 2.05) is 18.7 Å². The summed E-state index contributed by atoms with van der Waals surface area (Å²) in [6.45, 7) is 5.79. The van der Waals surface area contributed by atoms with Crippen LogP contribution in [0.15, 0.2) is 45.6 Å². The van der Waals surface area contributed by atoms with Crippen molar-refractivity contribution >= 4 is 39.2 Å². The minimum Gasteiger partial charge on any atom is -0.456 e. The Bertz CT molecular complexity index is 1090. The zero-order chi connectivity index (χ0) is 19.6. The summed E-state index contributed by atoms with van der Waals surface area (Å²) in [5.41, 5.74) is 0.557. The van der Waals surface area contributed by atoms with E-state index in [0.717, 1.165) is 13.1 Å². The van der Waals surface area contributed by atoms with Crippen LogP contribution >= 0.6 is 0 Å². The number of fused-ring (bicyclic) bond motifs is 2. The number of hydrogen-bond acceptors (Lipinski definition) is 6. The summed E-state index contributed by atoms with van der Waals surface area (Å²) < 4.78 is 5.72. The number of anilines is 1. The number of non-ortho nitro benzene ring substituents is 1. The molecule has 1 aromatic heterocycles. The molecule has 27 heavy (non-hydrogen) atoms. The van der Waals surface area contributed by atoms with Gasteiger partial charge in [-0.15, -0.1) is 0 Å². The molecule has 0 spiro atoms. The molecule has 0 unspecified atom stereocenters. The Morgan fingerprint density at radius 1 is 1.11 bits per heavy atom. The van der Waals surface area contributed by atoms with Crippen molar-refractivity contribution in [3.63, 3.8) is 0 Å². The minimum absolute atomic E-state index is 0.148. The van der Waals surface area contributed by atoms with Gasteiger partial charge in [0, 0.05) is 23.9 Å². The van der Waals surface area contributed by atoms with Crippen LogP contribution in [-0.2, 0) is 4.79 Å². The molecule has 140 valence electrons. The van der Waals surface area contributed by atoms with Crippen molar-refractivity contribution in [2.75, 3.05) is 25.0 Å². The average molecular weight is 369 g/mol. The molecule has 3 rings (SSSR count). The van der Waals surface area contributed by atoms with Gasteiger partial charge in [0.05, 0.1) is 22.2 Å². The zero-order valence-electron chi connectivity index (χ0n) is 15.0. The molecular formula is C19H19N3O5. The van der Waals surface area contributed by atoms with E-state index in [2.05, 4.69) is 5.32 Å². The van der Waals surface area contributed by atoms with Gasteiger partial charge < -0.3 is 9.73 Å². The fraction of sp³-hybridized carbons (Fsp3) is 0.263. The van der Waals surface area contributed by atoms with Crippen LogP contribution in [0.5, 0.6) is 0 Å². The van der Waals surface area contributed by atoms with Crippen LogP contribution in [0.3, 0.4) is 0 Å². The smallest absolute Gasteiger partial charge is 0.270 e. The maximum atomic E-state index is 12.6. The number of hydrogen-bond donors (Lipinski definition) is 1. The van der Waals surface area contributed by atoms with E-state index in [0.29, 0.717) is 16.7 Å².